The number of rotatable bonds is 3. The number of ether oxygens (including phenoxy) is 1. The Morgan fingerprint density at radius 2 is 2.36 bits per heavy atom. The molecule has 2 rings (SSSR count). The van der Waals surface area contributed by atoms with Gasteiger partial charge in [-0.25, -0.2) is 4.39 Å². The maximum atomic E-state index is 12.6. The van der Waals surface area contributed by atoms with Crippen LogP contribution in [-0.4, -0.2) is 24.2 Å². The number of nitrogens with zero attached hydrogens (tertiary/aromatic N) is 1. The molecule has 78 valence electrons. The van der Waals surface area contributed by atoms with Crippen molar-refractivity contribution in [3.05, 3.63) is 24.3 Å². The highest BCUT2D eigenvalue weighted by Crippen LogP contribution is 2.11. The minimum absolute atomic E-state index is 0. The quantitative estimate of drug-likeness (QED) is 0.833. The average molecular weight is 219 g/mol. The molecule has 1 aliphatic heterocycles. The first-order valence-corrected chi connectivity index (χ1v) is 4.31. The second-order valence-corrected chi connectivity index (χ2v) is 3.09. The third-order valence-corrected chi connectivity index (χ3v) is 2.06. The predicted octanol–water partition coefficient (Wildman–Crippen LogP) is 1.38. The third-order valence-electron chi connectivity index (χ3n) is 2.06. The van der Waals surface area contributed by atoms with Gasteiger partial charge in [0.05, 0.1) is 12.4 Å². The second kappa shape index (κ2) is 5.12. The Hall–Kier alpha value is -0.870. The molecule has 0 bridgehead atoms. The number of pyridine rings is 1. The van der Waals surface area contributed by atoms with E-state index < -0.39 is 0 Å². The van der Waals surface area contributed by atoms with Crippen LogP contribution in [0.2, 0.25) is 0 Å². The Labute approximate surface area is 88.1 Å². The fourth-order valence-corrected chi connectivity index (χ4v) is 1.16. The van der Waals surface area contributed by atoms with Crippen molar-refractivity contribution in [1.82, 2.24) is 10.3 Å². The molecule has 14 heavy (non-hydrogen) atoms. The smallest absolute Gasteiger partial charge is 0.145 e. The Morgan fingerprint density at radius 1 is 1.57 bits per heavy atom. The van der Waals surface area contributed by atoms with Crippen molar-refractivity contribution in [2.75, 3.05) is 13.2 Å². The van der Waals surface area contributed by atoms with Crippen LogP contribution in [0.1, 0.15) is 6.42 Å². The Bertz CT molecular complexity index is 294. The van der Waals surface area contributed by atoms with E-state index in [1.54, 1.807) is 0 Å². The standard InChI is InChI=1S/C9H11FN2O.ClH/c10-7-3-9(5-11-4-7)13-6-8-1-2-12-8;/h3-5,8,12H,1-2,6H2;1H/t8-;/m0./s1. The average Bonchev–Trinajstić information content (AvgIpc) is 2.01. The van der Waals surface area contributed by atoms with E-state index in [0.29, 0.717) is 18.4 Å². The number of hydrogen-bond donors (Lipinski definition) is 1. The van der Waals surface area contributed by atoms with Gasteiger partial charge in [-0.05, 0) is 13.0 Å². The Morgan fingerprint density at radius 3 is 2.93 bits per heavy atom. The van der Waals surface area contributed by atoms with Crippen molar-refractivity contribution < 1.29 is 9.13 Å². The van der Waals surface area contributed by atoms with Gasteiger partial charge in [-0.1, -0.05) is 0 Å². The lowest BCUT2D eigenvalue weighted by molar-refractivity contribution is 0.216. The Balaban J connectivity index is 0.000000980. The maximum Gasteiger partial charge on any atom is 0.145 e. The van der Waals surface area contributed by atoms with Crippen LogP contribution in [0.15, 0.2) is 18.5 Å². The van der Waals surface area contributed by atoms with Crippen molar-refractivity contribution in [3.8, 4) is 5.75 Å². The normalized spacial score (nSPS) is 19.4. The Kier molecular flexibility index (Phi) is 4.10. The maximum absolute atomic E-state index is 12.6. The highest BCUT2D eigenvalue weighted by molar-refractivity contribution is 5.85. The summed E-state index contributed by atoms with van der Waals surface area (Å²) in [6.07, 6.45) is 3.80. The molecule has 0 unspecified atom stereocenters. The lowest BCUT2D eigenvalue weighted by atomic mass is 10.1. The highest BCUT2D eigenvalue weighted by Gasteiger charge is 2.16. The van der Waals surface area contributed by atoms with E-state index in [1.807, 2.05) is 0 Å². The van der Waals surface area contributed by atoms with Gasteiger partial charge in [-0.15, -0.1) is 12.4 Å². The van der Waals surface area contributed by atoms with Gasteiger partial charge in [0.1, 0.15) is 18.2 Å². The molecule has 2 heterocycles. The number of aromatic nitrogens is 1. The molecule has 3 nitrogen and oxygen atoms in total. The molecule has 0 aliphatic carbocycles. The molecule has 1 saturated heterocycles. The summed E-state index contributed by atoms with van der Waals surface area (Å²) in [4.78, 5) is 3.69. The van der Waals surface area contributed by atoms with Crippen molar-refractivity contribution in [2.45, 2.75) is 12.5 Å². The predicted molar refractivity (Wildman–Crippen MR) is 53.3 cm³/mol. The van der Waals surface area contributed by atoms with Gasteiger partial charge in [-0.3, -0.25) is 4.98 Å². The molecule has 5 heteroatoms. The van der Waals surface area contributed by atoms with Crippen molar-refractivity contribution in [3.63, 3.8) is 0 Å². The van der Waals surface area contributed by atoms with Gasteiger partial charge in [0.25, 0.3) is 0 Å². The van der Waals surface area contributed by atoms with Crippen LogP contribution < -0.4 is 10.1 Å². The third kappa shape index (κ3) is 2.82. The molecule has 1 aromatic heterocycles. The fraction of sp³-hybridized carbons (Fsp3) is 0.444. The van der Waals surface area contributed by atoms with Gasteiger partial charge in [0.2, 0.25) is 0 Å². The molecule has 0 radical (unpaired) electrons. The summed E-state index contributed by atoms with van der Waals surface area (Å²) < 4.78 is 18.0. The van der Waals surface area contributed by atoms with Crippen LogP contribution in [0.25, 0.3) is 0 Å². The molecule has 0 saturated carbocycles. The van der Waals surface area contributed by atoms with E-state index in [9.17, 15) is 4.39 Å². The lowest BCUT2D eigenvalue weighted by Crippen LogP contribution is -2.46. The van der Waals surface area contributed by atoms with Crippen molar-refractivity contribution in [1.29, 1.82) is 0 Å². The largest absolute Gasteiger partial charge is 0.490 e. The topological polar surface area (TPSA) is 34.1 Å². The monoisotopic (exact) mass is 218 g/mol. The molecule has 1 fully saturated rings. The zero-order chi connectivity index (χ0) is 9.10. The summed E-state index contributed by atoms with van der Waals surface area (Å²) in [5, 5.41) is 3.19. The van der Waals surface area contributed by atoms with Crippen molar-refractivity contribution in [2.24, 2.45) is 0 Å². The van der Waals surface area contributed by atoms with Crippen molar-refractivity contribution >= 4 is 12.4 Å². The lowest BCUT2D eigenvalue weighted by Gasteiger charge is -2.27. The number of halogens is 2. The molecule has 0 amide bonds. The van der Waals surface area contributed by atoms with Crippen LogP contribution in [0.5, 0.6) is 5.75 Å². The second-order valence-electron chi connectivity index (χ2n) is 3.09. The molecular weight excluding hydrogens is 207 g/mol. The minimum atomic E-state index is -0.362. The molecular formula is C9H12ClFN2O. The van der Waals surface area contributed by atoms with Gasteiger partial charge in [0, 0.05) is 12.1 Å². The van der Waals surface area contributed by atoms with E-state index in [4.69, 9.17) is 4.74 Å². The SMILES string of the molecule is Cl.Fc1cncc(OC[C@@H]2CCN2)c1. The molecule has 1 atom stereocenters. The van der Waals surface area contributed by atoms with E-state index in [-0.39, 0.29) is 18.2 Å². The van der Waals surface area contributed by atoms with Gasteiger partial charge in [-0.2, -0.15) is 0 Å². The summed E-state index contributed by atoms with van der Waals surface area (Å²) in [7, 11) is 0. The summed E-state index contributed by atoms with van der Waals surface area (Å²) >= 11 is 0. The van der Waals surface area contributed by atoms with Gasteiger partial charge >= 0.3 is 0 Å². The van der Waals surface area contributed by atoms with Crippen LogP contribution in [0.4, 0.5) is 4.39 Å². The van der Waals surface area contributed by atoms with Gasteiger partial charge < -0.3 is 10.1 Å². The van der Waals surface area contributed by atoms with Gasteiger partial charge in [0.15, 0.2) is 0 Å². The van der Waals surface area contributed by atoms with Crippen LogP contribution in [0.3, 0.4) is 0 Å². The van der Waals surface area contributed by atoms with Crippen LogP contribution in [0, 0.1) is 5.82 Å². The molecule has 1 N–H and O–H groups in total. The fourth-order valence-electron chi connectivity index (χ4n) is 1.16. The van der Waals surface area contributed by atoms with Crippen LogP contribution >= 0.6 is 12.4 Å². The minimum Gasteiger partial charge on any atom is -0.490 e. The first kappa shape index (κ1) is 11.2. The highest BCUT2D eigenvalue weighted by atomic mass is 35.5. The molecule has 0 aromatic carbocycles. The molecule has 0 spiro atoms. The zero-order valence-electron chi connectivity index (χ0n) is 7.57. The summed E-state index contributed by atoms with van der Waals surface area (Å²) in [5.41, 5.74) is 0. The zero-order valence-corrected chi connectivity index (χ0v) is 8.39. The van der Waals surface area contributed by atoms with E-state index in [0.717, 1.165) is 19.2 Å². The number of nitrogens with one attached hydrogen (secondary N) is 1. The van der Waals surface area contributed by atoms with Crippen LogP contribution in [-0.2, 0) is 0 Å². The van der Waals surface area contributed by atoms with E-state index in [1.165, 1.54) is 12.3 Å². The molecule has 1 aromatic rings. The summed E-state index contributed by atoms with van der Waals surface area (Å²) in [6, 6.07) is 1.76. The van der Waals surface area contributed by atoms with E-state index >= 15 is 0 Å². The van der Waals surface area contributed by atoms with E-state index in [2.05, 4.69) is 10.3 Å². The number of hydrogen-bond acceptors (Lipinski definition) is 3. The summed E-state index contributed by atoms with van der Waals surface area (Å²) in [6.45, 7) is 1.64. The molecule has 1 aliphatic rings. The first-order valence-electron chi connectivity index (χ1n) is 4.31. The first-order chi connectivity index (χ1) is 6.34. The summed E-state index contributed by atoms with van der Waals surface area (Å²) in [5.74, 6) is 0.132.